The quantitative estimate of drug-likeness (QED) is 0.0699. The second-order valence-electron chi connectivity index (χ2n) is 4.95. The zero-order valence-corrected chi connectivity index (χ0v) is 23.2. The molecule has 0 aliphatic carbocycles. The summed E-state index contributed by atoms with van der Waals surface area (Å²) >= 11 is 0. The first-order valence-electron chi connectivity index (χ1n) is 7.09. The van der Waals surface area contributed by atoms with E-state index in [9.17, 15) is 46.3 Å². The van der Waals surface area contributed by atoms with E-state index >= 15 is 0 Å². The molecule has 0 aromatic carbocycles. The highest BCUT2D eigenvalue weighted by Crippen LogP contribution is 2.72. The van der Waals surface area contributed by atoms with Gasteiger partial charge in [-0.1, -0.05) is 0 Å². The minimum Gasteiger partial charge on any atom is -0.302 e. The summed E-state index contributed by atoms with van der Waals surface area (Å²) in [5.41, 5.74) is 0. The molecule has 6 unspecified atom stereocenters. The summed E-state index contributed by atoms with van der Waals surface area (Å²) in [6.07, 6.45) is 0. The smallest absolute Gasteiger partial charge is 0.302 e. The fourth-order valence-electron chi connectivity index (χ4n) is 1.20. The van der Waals surface area contributed by atoms with Gasteiger partial charge in [-0.2, -0.15) is 25.9 Å². The summed E-state index contributed by atoms with van der Waals surface area (Å²) in [6.45, 7) is -2.85. The molecule has 26 nitrogen and oxygen atoms in total. The van der Waals surface area contributed by atoms with Crippen molar-refractivity contribution in [1.82, 2.24) is 0 Å². The number of phosphoric acid groups is 8. The summed E-state index contributed by atoms with van der Waals surface area (Å²) in [5.74, 6) is 0. The van der Waals surface area contributed by atoms with Gasteiger partial charge in [-0.25, -0.2) is 36.5 Å². The first-order valence-corrected chi connectivity index (χ1v) is 19.1. The lowest BCUT2D eigenvalue weighted by Crippen LogP contribution is -2.05. The van der Waals surface area contributed by atoms with Crippen LogP contribution in [0.2, 0.25) is 0 Å². The Balaban J connectivity index is 4.92. The molecule has 0 fully saturated rings. The summed E-state index contributed by atoms with van der Waals surface area (Å²) in [5, 5.41) is 0. The summed E-state index contributed by atoms with van der Waals surface area (Å²) in [6, 6.07) is 0. The monoisotopic (exact) mass is 702 g/mol. The summed E-state index contributed by atoms with van der Waals surface area (Å²) in [4.78, 5) is 87.6. The van der Waals surface area contributed by atoms with Gasteiger partial charge in [-0.3, -0.25) is 9.05 Å². The molecule has 0 radical (unpaired) electrons. The first kappa shape index (κ1) is 37.1. The van der Waals surface area contributed by atoms with E-state index in [1.807, 2.05) is 0 Å². The van der Waals surface area contributed by atoms with Crippen molar-refractivity contribution in [1.29, 1.82) is 0 Å². The van der Waals surface area contributed by atoms with Crippen LogP contribution in [-0.4, -0.2) is 62.1 Å². The molecule has 218 valence electrons. The van der Waals surface area contributed by atoms with Crippen LogP contribution >= 0.6 is 62.6 Å². The first-order chi connectivity index (χ1) is 15.4. The van der Waals surface area contributed by atoms with Crippen LogP contribution in [0.4, 0.5) is 0 Å². The second kappa shape index (κ2) is 12.7. The van der Waals surface area contributed by atoms with E-state index in [1.165, 1.54) is 0 Å². The Kier molecular flexibility index (Phi) is 13.1. The van der Waals surface area contributed by atoms with E-state index in [-0.39, 0.29) is 0 Å². The number of hydrogen-bond donors (Lipinski definition) is 10. The molecule has 36 heavy (non-hydrogen) atoms. The normalized spacial score (nSPS) is 23.3. The summed E-state index contributed by atoms with van der Waals surface area (Å²) < 4.78 is 116. The van der Waals surface area contributed by atoms with Gasteiger partial charge in [0.05, 0.1) is 13.2 Å². The van der Waals surface area contributed by atoms with Gasteiger partial charge in [0, 0.05) is 0 Å². The van der Waals surface area contributed by atoms with Gasteiger partial charge < -0.3 is 48.9 Å². The molecule has 0 heterocycles. The number of hydrogen-bond acceptors (Lipinski definition) is 16. The van der Waals surface area contributed by atoms with Crippen molar-refractivity contribution in [3.05, 3.63) is 0 Å². The standard InChI is InChI=1S/C2H14O26P8/c3-29(4,5)23-33(13,14)27-35(17,18)25-31(9,10)21-1-2-22-32(11,12)26-36(19,20)28-34(15,16)24-30(6,7)8/h1-2H2,(H,9,10)(H,11,12)(H,13,14)(H,15,16)(H,17,18)(H,19,20)(H2,3,4,5)(H2,6,7,8). The molecular weight excluding hydrogens is 688 g/mol. The maximum absolute atomic E-state index is 11.5. The van der Waals surface area contributed by atoms with Crippen LogP contribution in [0.5, 0.6) is 0 Å². The second-order valence-corrected chi connectivity index (χ2v) is 17.0. The van der Waals surface area contributed by atoms with Crippen molar-refractivity contribution in [3.8, 4) is 0 Å². The Labute approximate surface area is 196 Å². The van der Waals surface area contributed by atoms with Gasteiger partial charge in [-0.05, 0) is 0 Å². The van der Waals surface area contributed by atoms with Crippen molar-refractivity contribution in [2.24, 2.45) is 0 Å². The molecular formula is C2H14O26P8. The predicted octanol–water partition coefficient (Wildman–Crippen LogP) is -0.0930. The lowest BCUT2D eigenvalue weighted by Gasteiger charge is -2.19. The van der Waals surface area contributed by atoms with Gasteiger partial charge in [-0.15, -0.1) is 0 Å². The van der Waals surface area contributed by atoms with Crippen LogP contribution < -0.4 is 0 Å². The SMILES string of the molecule is O=P(O)(O)OP(=O)(O)OP(=O)(O)OP(=O)(O)OCCOP(=O)(O)OP(=O)(O)OP(=O)(O)OP(=O)(O)O. The Morgan fingerprint density at radius 2 is 0.528 bits per heavy atom. The van der Waals surface area contributed by atoms with Crippen LogP contribution in [-0.2, 0) is 71.4 Å². The van der Waals surface area contributed by atoms with Crippen LogP contribution in [0.1, 0.15) is 0 Å². The van der Waals surface area contributed by atoms with Crippen molar-refractivity contribution in [2.45, 2.75) is 0 Å². The molecule has 10 N–H and O–H groups in total. The van der Waals surface area contributed by atoms with Crippen LogP contribution in [0.25, 0.3) is 0 Å². The van der Waals surface area contributed by atoms with E-state index in [1.54, 1.807) is 0 Å². The fraction of sp³-hybridized carbons (Fsp3) is 1.00. The Morgan fingerprint density at radius 3 is 0.750 bits per heavy atom. The topological polar surface area (TPSA) is 413 Å². The van der Waals surface area contributed by atoms with E-state index < -0.39 is 75.8 Å². The Bertz CT molecular complexity index is 1060. The minimum absolute atomic E-state index is 1.42. The van der Waals surface area contributed by atoms with Gasteiger partial charge >= 0.3 is 62.6 Å². The number of phosphoric ester groups is 2. The zero-order chi connectivity index (χ0) is 29.1. The molecule has 0 aromatic rings. The fourth-order valence-corrected chi connectivity index (χ4v) is 10.1. The van der Waals surface area contributed by atoms with E-state index in [0.717, 1.165) is 0 Å². The van der Waals surface area contributed by atoms with Crippen molar-refractivity contribution in [3.63, 3.8) is 0 Å². The molecule has 0 aliphatic rings. The average molecular weight is 702 g/mol. The van der Waals surface area contributed by atoms with Crippen LogP contribution in [0, 0.1) is 0 Å². The van der Waals surface area contributed by atoms with Crippen molar-refractivity contribution >= 4 is 62.6 Å². The van der Waals surface area contributed by atoms with Crippen molar-refractivity contribution in [2.75, 3.05) is 13.2 Å². The molecule has 0 aromatic heterocycles. The molecule has 0 saturated carbocycles. The maximum Gasteiger partial charge on any atom is 0.490 e. The molecule has 0 rings (SSSR count). The lowest BCUT2D eigenvalue weighted by atomic mass is 10.8. The average Bonchev–Trinajstić information content (AvgIpc) is 2.40. The third-order valence-electron chi connectivity index (χ3n) is 1.84. The van der Waals surface area contributed by atoms with E-state index in [2.05, 4.69) is 34.9 Å². The Hall–Kier alpha value is 1.12. The van der Waals surface area contributed by atoms with Gasteiger partial charge in [0.15, 0.2) is 0 Å². The van der Waals surface area contributed by atoms with E-state index in [4.69, 9.17) is 39.1 Å². The third kappa shape index (κ3) is 19.2. The van der Waals surface area contributed by atoms with E-state index in [0.29, 0.717) is 0 Å². The zero-order valence-electron chi connectivity index (χ0n) is 16.0. The largest absolute Gasteiger partial charge is 0.490 e. The van der Waals surface area contributed by atoms with Gasteiger partial charge in [0.1, 0.15) is 0 Å². The summed E-state index contributed by atoms with van der Waals surface area (Å²) in [7, 11) is -47.7. The molecule has 0 saturated heterocycles. The van der Waals surface area contributed by atoms with Crippen molar-refractivity contribution < 1.29 is 120 Å². The molecule has 0 bridgehead atoms. The highest BCUT2D eigenvalue weighted by molar-refractivity contribution is 7.70. The molecule has 6 atom stereocenters. The maximum atomic E-state index is 11.5. The minimum atomic E-state index is -6.16. The molecule has 34 heteroatoms. The molecule has 0 spiro atoms. The predicted molar refractivity (Wildman–Crippen MR) is 101 cm³/mol. The Morgan fingerprint density at radius 1 is 0.333 bits per heavy atom. The molecule has 0 amide bonds. The highest BCUT2D eigenvalue weighted by Gasteiger charge is 2.46. The highest BCUT2D eigenvalue weighted by atomic mass is 31.3. The van der Waals surface area contributed by atoms with Gasteiger partial charge in [0.2, 0.25) is 0 Å². The third-order valence-corrected chi connectivity index (χ3v) is 12.8. The molecule has 0 aliphatic heterocycles. The van der Waals surface area contributed by atoms with Crippen LogP contribution in [0.15, 0.2) is 0 Å². The lowest BCUT2D eigenvalue weighted by molar-refractivity contribution is 0.123. The van der Waals surface area contributed by atoms with Crippen LogP contribution in [0.3, 0.4) is 0 Å². The van der Waals surface area contributed by atoms with Gasteiger partial charge in [0.25, 0.3) is 0 Å². The number of rotatable bonds is 17.